The van der Waals surface area contributed by atoms with Crippen molar-refractivity contribution in [1.29, 1.82) is 0 Å². The van der Waals surface area contributed by atoms with E-state index in [1.807, 2.05) is 38.1 Å². The molecule has 28 heavy (non-hydrogen) atoms. The lowest BCUT2D eigenvalue weighted by atomic mass is 9.93. The van der Waals surface area contributed by atoms with Gasteiger partial charge in [-0.25, -0.2) is 9.59 Å². The van der Waals surface area contributed by atoms with Crippen LogP contribution in [-0.2, 0) is 27.3 Å². The summed E-state index contributed by atoms with van der Waals surface area (Å²) in [5.74, 6) is -1.45. The maximum absolute atomic E-state index is 13.0. The van der Waals surface area contributed by atoms with Gasteiger partial charge in [-0.15, -0.1) is 0 Å². The molecule has 0 saturated carbocycles. The number of hydrogen-bond acceptors (Lipinski definition) is 4. The highest BCUT2D eigenvalue weighted by atomic mass is 16.6. The molecule has 1 aliphatic rings. The number of hydrogen-bond donors (Lipinski definition) is 2. The van der Waals surface area contributed by atoms with Crippen molar-refractivity contribution in [2.45, 2.75) is 71.7 Å². The van der Waals surface area contributed by atoms with Gasteiger partial charge >= 0.3 is 12.1 Å². The molecule has 1 heterocycles. The monoisotopic (exact) mass is 390 g/mol. The van der Waals surface area contributed by atoms with E-state index < -0.39 is 35.7 Å². The SMILES string of the molecule is CC(C)CC(NC(=O)C1Cc2ccccc2CN1C(=O)OC(C)(C)C)C(=O)O. The first-order valence-electron chi connectivity index (χ1n) is 9.57. The van der Waals surface area contributed by atoms with Crippen LogP contribution >= 0.6 is 0 Å². The van der Waals surface area contributed by atoms with Crippen LogP contribution in [-0.4, -0.2) is 45.7 Å². The first-order chi connectivity index (χ1) is 13.0. The lowest BCUT2D eigenvalue weighted by molar-refractivity contribution is -0.143. The molecule has 7 heteroatoms. The number of carboxylic acid groups (broad SMARTS) is 1. The summed E-state index contributed by atoms with van der Waals surface area (Å²) in [5, 5.41) is 12.0. The molecule has 0 aromatic heterocycles. The molecule has 2 rings (SSSR count). The number of benzene rings is 1. The Balaban J connectivity index is 2.27. The Morgan fingerprint density at radius 2 is 1.82 bits per heavy atom. The van der Waals surface area contributed by atoms with Crippen LogP contribution < -0.4 is 5.32 Å². The zero-order valence-electron chi connectivity index (χ0n) is 17.2. The predicted octanol–water partition coefficient (Wildman–Crippen LogP) is 2.96. The van der Waals surface area contributed by atoms with Crippen molar-refractivity contribution in [2.24, 2.45) is 5.92 Å². The molecule has 0 radical (unpaired) electrons. The van der Waals surface area contributed by atoms with Crippen LogP contribution in [0.4, 0.5) is 4.79 Å². The molecule has 1 aromatic rings. The molecule has 0 saturated heterocycles. The van der Waals surface area contributed by atoms with E-state index in [4.69, 9.17) is 4.74 Å². The number of aliphatic carboxylic acids is 1. The van der Waals surface area contributed by atoms with Crippen LogP contribution in [0.2, 0.25) is 0 Å². The van der Waals surface area contributed by atoms with E-state index in [1.165, 1.54) is 4.90 Å². The molecular formula is C21H30N2O5. The van der Waals surface area contributed by atoms with Gasteiger partial charge in [0, 0.05) is 6.42 Å². The highest BCUT2D eigenvalue weighted by Gasteiger charge is 2.38. The Morgan fingerprint density at radius 1 is 1.21 bits per heavy atom. The molecule has 2 amide bonds. The molecule has 154 valence electrons. The minimum Gasteiger partial charge on any atom is -0.480 e. The van der Waals surface area contributed by atoms with Crippen molar-refractivity contribution >= 4 is 18.0 Å². The van der Waals surface area contributed by atoms with E-state index in [0.29, 0.717) is 12.8 Å². The van der Waals surface area contributed by atoms with Crippen molar-refractivity contribution in [2.75, 3.05) is 0 Å². The molecule has 0 bridgehead atoms. The van der Waals surface area contributed by atoms with E-state index in [2.05, 4.69) is 5.32 Å². The molecule has 0 aliphatic carbocycles. The van der Waals surface area contributed by atoms with Gasteiger partial charge in [0.15, 0.2) is 0 Å². The van der Waals surface area contributed by atoms with Crippen LogP contribution in [0.3, 0.4) is 0 Å². The van der Waals surface area contributed by atoms with E-state index in [0.717, 1.165) is 11.1 Å². The summed E-state index contributed by atoms with van der Waals surface area (Å²) in [7, 11) is 0. The first-order valence-corrected chi connectivity index (χ1v) is 9.57. The minimum absolute atomic E-state index is 0.107. The number of carbonyl (C=O) groups excluding carboxylic acids is 2. The van der Waals surface area contributed by atoms with Crippen LogP contribution in [0, 0.1) is 5.92 Å². The lowest BCUT2D eigenvalue weighted by Crippen LogP contribution is -2.56. The van der Waals surface area contributed by atoms with Crippen molar-refractivity contribution in [1.82, 2.24) is 10.2 Å². The zero-order chi connectivity index (χ0) is 21.1. The van der Waals surface area contributed by atoms with Gasteiger partial charge in [0.2, 0.25) is 5.91 Å². The molecule has 2 unspecified atom stereocenters. The van der Waals surface area contributed by atoms with E-state index in [9.17, 15) is 19.5 Å². The molecule has 1 aliphatic heterocycles. The highest BCUT2D eigenvalue weighted by Crippen LogP contribution is 2.25. The number of ether oxygens (including phenoxy) is 1. The third-order valence-corrected chi connectivity index (χ3v) is 4.50. The number of carbonyl (C=O) groups is 3. The largest absolute Gasteiger partial charge is 0.480 e. The number of rotatable bonds is 5. The van der Waals surface area contributed by atoms with Crippen molar-refractivity contribution < 1.29 is 24.2 Å². The molecule has 7 nitrogen and oxygen atoms in total. The van der Waals surface area contributed by atoms with Gasteiger partial charge in [0.1, 0.15) is 17.7 Å². The summed E-state index contributed by atoms with van der Waals surface area (Å²) in [6, 6.07) is 5.79. The number of nitrogens with one attached hydrogen (secondary N) is 1. The summed E-state index contributed by atoms with van der Waals surface area (Å²) in [4.78, 5) is 38.6. The van der Waals surface area contributed by atoms with E-state index >= 15 is 0 Å². The van der Waals surface area contributed by atoms with E-state index in [-0.39, 0.29) is 12.5 Å². The lowest BCUT2D eigenvalue weighted by Gasteiger charge is -2.37. The fourth-order valence-electron chi connectivity index (χ4n) is 3.23. The first kappa shape index (κ1) is 21.7. The Morgan fingerprint density at radius 3 is 2.36 bits per heavy atom. The Bertz CT molecular complexity index is 739. The summed E-state index contributed by atoms with van der Waals surface area (Å²) in [5.41, 5.74) is 1.23. The molecule has 0 spiro atoms. The van der Waals surface area contributed by atoms with Gasteiger partial charge in [-0.2, -0.15) is 0 Å². The van der Waals surface area contributed by atoms with E-state index in [1.54, 1.807) is 20.8 Å². The van der Waals surface area contributed by atoms with Gasteiger partial charge in [-0.1, -0.05) is 38.1 Å². The molecule has 2 atom stereocenters. The third kappa shape index (κ3) is 5.71. The number of nitrogens with zero attached hydrogens (tertiary/aromatic N) is 1. The van der Waals surface area contributed by atoms with Crippen molar-refractivity contribution in [3.63, 3.8) is 0 Å². The highest BCUT2D eigenvalue weighted by molar-refractivity contribution is 5.90. The second kappa shape index (κ2) is 8.63. The van der Waals surface area contributed by atoms with Crippen molar-refractivity contribution in [3.05, 3.63) is 35.4 Å². The molecule has 1 aromatic carbocycles. The normalized spacial score (nSPS) is 17.6. The van der Waals surface area contributed by atoms with Gasteiger partial charge < -0.3 is 15.2 Å². The smallest absolute Gasteiger partial charge is 0.411 e. The Labute approximate surface area is 166 Å². The second-order valence-corrected chi connectivity index (χ2v) is 8.63. The fraction of sp³-hybridized carbons (Fsp3) is 0.571. The second-order valence-electron chi connectivity index (χ2n) is 8.63. The van der Waals surface area contributed by atoms with Crippen molar-refractivity contribution in [3.8, 4) is 0 Å². The number of amides is 2. The standard InChI is InChI=1S/C21H30N2O5/c1-13(2)10-16(19(25)26)22-18(24)17-11-14-8-6-7-9-15(14)12-23(17)20(27)28-21(3,4)5/h6-9,13,16-17H,10-12H2,1-5H3,(H,22,24)(H,25,26). The maximum atomic E-state index is 13.0. The fourth-order valence-corrected chi connectivity index (χ4v) is 3.23. The van der Waals surface area contributed by atoms with Gasteiger partial charge in [0.25, 0.3) is 0 Å². The molecular weight excluding hydrogens is 360 g/mol. The zero-order valence-corrected chi connectivity index (χ0v) is 17.2. The number of carboxylic acids is 1. The van der Waals surface area contributed by atoms with Gasteiger partial charge in [0.05, 0.1) is 6.54 Å². The summed E-state index contributed by atoms with van der Waals surface area (Å²) in [6.45, 7) is 9.33. The van der Waals surface area contributed by atoms with Gasteiger partial charge in [-0.3, -0.25) is 9.69 Å². The topological polar surface area (TPSA) is 95.9 Å². The average molecular weight is 390 g/mol. The van der Waals surface area contributed by atoms with Crippen LogP contribution in [0.15, 0.2) is 24.3 Å². The quantitative estimate of drug-likeness (QED) is 0.806. The number of fused-ring (bicyclic) bond motifs is 1. The summed E-state index contributed by atoms with van der Waals surface area (Å²) in [6.07, 6.45) is 0.0457. The minimum atomic E-state index is -1.08. The summed E-state index contributed by atoms with van der Waals surface area (Å²) < 4.78 is 5.48. The molecule has 2 N–H and O–H groups in total. The average Bonchev–Trinajstić information content (AvgIpc) is 2.57. The van der Waals surface area contributed by atoms with Gasteiger partial charge in [-0.05, 0) is 44.2 Å². The van der Waals surface area contributed by atoms with Crippen LogP contribution in [0.25, 0.3) is 0 Å². The summed E-state index contributed by atoms with van der Waals surface area (Å²) >= 11 is 0. The maximum Gasteiger partial charge on any atom is 0.411 e. The van der Waals surface area contributed by atoms with Crippen LogP contribution in [0.5, 0.6) is 0 Å². The Kier molecular flexibility index (Phi) is 6.69. The Hall–Kier alpha value is -2.57. The predicted molar refractivity (Wildman–Crippen MR) is 105 cm³/mol. The van der Waals surface area contributed by atoms with Crippen LogP contribution in [0.1, 0.15) is 52.2 Å². The molecule has 0 fully saturated rings. The third-order valence-electron chi connectivity index (χ3n) is 4.50.